The second-order valence-corrected chi connectivity index (χ2v) is 6.07. The molecule has 4 rings (SSSR count). The number of hydrogen-bond donors (Lipinski definition) is 4. The molecule has 4 aromatic rings. The van der Waals surface area contributed by atoms with Crippen LogP contribution in [-0.2, 0) is 0 Å². The van der Waals surface area contributed by atoms with E-state index < -0.39 is 0 Å². The van der Waals surface area contributed by atoms with Gasteiger partial charge in [-0.3, -0.25) is 5.10 Å². The number of rotatable bonds is 4. The van der Waals surface area contributed by atoms with Gasteiger partial charge in [-0.25, -0.2) is 5.10 Å². The zero-order valence-corrected chi connectivity index (χ0v) is 14.7. The Hall–Kier alpha value is -3.72. The lowest BCUT2D eigenvalue weighted by Gasteiger charge is -2.00. The van der Waals surface area contributed by atoms with Gasteiger partial charge in [0, 0.05) is 17.2 Å². The van der Waals surface area contributed by atoms with Gasteiger partial charge in [0.05, 0.1) is 11.9 Å². The molecule has 0 atom stereocenters. The van der Waals surface area contributed by atoms with Crippen LogP contribution >= 0.6 is 12.2 Å². The second-order valence-electron chi connectivity index (χ2n) is 5.68. The summed E-state index contributed by atoms with van der Waals surface area (Å²) >= 11 is 5.24. The molecule has 0 aliphatic heterocycles. The van der Waals surface area contributed by atoms with Crippen molar-refractivity contribution >= 4 is 18.4 Å². The maximum atomic E-state index is 9.88. The van der Waals surface area contributed by atoms with Crippen molar-refractivity contribution < 1.29 is 10.2 Å². The number of benzene rings is 2. The van der Waals surface area contributed by atoms with E-state index >= 15 is 0 Å². The molecule has 2 heterocycles. The molecule has 2 aromatic heterocycles. The maximum absolute atomic E-state index is 9.88. The lowest BCUT2D eigenvalue weighted by atomic mass is 10.1. The van der Waals surface area contributed by atoms with Crippen LogP contribution in [0.1, 0.15) is 5.56 Å². The van der Waals surface area contributed by atoms with E-state index in [2.05, 4.69) is 25.5 Å². The van der Waals surface area contributed by atoms with Crippen molar-refractivity contribution in [2.24, 2.45) is 5.10 Å². The Morgan fingerprint density at radius 3 is 2.59 bits per heavy atom. The molecular weight excluding hydrogens is 364 g/mol. The van der Waals surface area contributed by atoms with E-state index in [9.17, 15) is 10.2 Å². The summed E-state index contributed by atoms with van der Waals surface area (Å²) in [6.07, 6.45) is 1.43. The highest BCUT2D eigenvalue weighted by atomic mass is 32.1. The smallest absolute Gasteiger partial charge is 0.216 e. The molecule has 8 nitrogen and oxygen atoms in total. The van der Waals surface area contributed by atoms with Crippen molar-refractivity contribution in [3.63, 3.8) is 0 Å². The fourth-order valence-corrected chi connectivity index (χ4v) is 2.71. The van der Waals surface area contributed by atoms with Crippen molar-refractivity contribution in [2.75, 3.05) is 0 Å². The molecule has 9 heteroatoms. The molecule has 0 spiro atoms. The van der Waals surface area contributed by atoms with Gasteiger partial charge in [0.2, 0.25) is 10.6 Å². The fourth-order valence-electron chi connectivity index (χ4n) is 2.53. The molecular formula is C18H14N6O2S. The number of aromatic amines is 2. The van der Waals surface area contributed by atoms with Crippen LogP contribution in [0.25, 0.3) is 22.8 Å². The molecule has 0 saturated heterocycles. The minimum Gasteiger partial charge on any atom is -0.508 e. The standard InChI is InChI=1S/C18H14N6O2S/c25-13-7-6-12(16(26)8-13)10-19-24-17(22-23-18(24)27)15-9-14(20-21-15)11-4-2-1-3-5-11/h1-10,25-26H,(H,20,21)(H,23,27)/b19-10-. The summed E-state index contributed by atoms with van der Waals surface area (Å²) in [5.74, 6) is 0.323. The van der Waals surface area contributed by atoms with Crippen LogP contribution < -0.4 is 0 Å². The van der Waals surface area contributed by atoms with Gasteiger partial charge in [0.1, 0.15) is 17.2 Å². The number of phenolic OH excluding ortho intramolecular Hbond substituents is 2. The third kappa shape index (κ3) is 3.35. The Kier molecular flexibility index (Phi) is 4.27. The average molecular weight is 378 g/mol. The van der Waals surface area contributed by atoms with Crippen molar-refractivity contribution in [3.8, 4) is 34.3 Å². The van der Waals surface area contributed by atoms with E-state index in [1.807, 2.05) is 36.4 Å². The summed E-state index contributed by atoms with van der Waals surface area (Å²) < 4.78 is 1.71. The maximum Gasteiger partial charge on any atom is 0.216 e. The lowest BCUT2D eigenvalue weighted by molar-refractivity contribution is 0.450. The van der Waals surface area contributed by atoms with Crippen LogP contribution in [0.15, 0.2) is 59.7 Å². The molecule has 134 valence electrons. The van der Waals surface area contributed by atoms with Crippen LogP contribution in [0.5, 0.6) is 11.5 Å². The third-order valence-electron chi connectivity index (χ3n) is 3.87. The Labute approximate surface area is 158 Å². The van der Waals surface area contributed by atoms with Gasteiger partial charge in [0.25, 0.3) is 0 Å². The van der Waals surface area contributed by atoms with Crippen LogP contribution in [0.4, 0.5) is 0 Å². The van der Waals surface area contributed by atoms with Crippen LogP contribution in [-0.4, -0.2) is 41.5 Å². The monoisotopic (exact) mass is 378 g/mol. The zero-order valence-electron chi connectivity index (χ0n) is 13.9. The van der Waals surface area contributed by atoms with Crippen LogP contribution in [0.2, 0.25) is 0 Å². The number of aromatic nitrogens is 5. The average Bonchev–Trinajstić information content (AvgIpc) is 3.29. The molecule has 0 radical (unpaired) electrons. The number of nitrogens with one attached hydrogen (secondary N) is 2. The first-order valence-corrected chi connectivity index (χ1v) is 8.37. The number of nitrogens with zero attached hydrogens (tertiary/aromatic N) is 4. The normalized spacial score (nSPS) is 11.3. The van der Waals surface area contributed by atoms with Gasteiger partial charge in [-0.15, -0.1) is 0 Å². The number of aromatic hydroxyl groups is 2. The second kappa shape index (κ2) is 6.89. The van der Waals surface area contributed by atoms with E-state index in [4.69, 9.17) is 12.2 Å². The predicted molar refractivity (Wildman–Crippen MR) is 103 cm³/mol. The SMILES string of the molecule is Oc1ccc(/C=N\n2c(-c3cc(-c4ccccc4)n[nH]3)n[nH]c2=S)c(O)c1. The Morgan fingerprint density at radius 1 is 1.00 bits per heavy atom. The van der Waals surface area contributed by atoms with Gasteiger partial charge in [-0.2, -0.15) is 20.0 Å². The molecule has 0 aliphatic rings. The van der Waals surface area contributed by atoms with Crippen LogP contribution in [0.3, 0.4) is 0 Å². The molecule has 0 aliphatic carbocycles. The summed E-state index contributed by atoms with van der Waals surface area (Å²) in [4.78, 5) is 0. The number of hydrogen-bond acceptors (Lipinski definition) is 6. The quantitative estimate of drug-likeness (QED) is 0.321. The largest absolute Gasteiger partial charge is 0.508 e. The molecule has 0 saturated carbocycles. The van der Waals surface area contributed by atoms with Crippen molar-refractivity contribution in [2.45, 2.75) is 0 Å². The Balaban J connectivity index is 1.69. The summed E-state index contributed by atoms with van der Waals surface area (Å²) in [7, 11) is 0. The molecule has 0 fully saturated rings. The lowest BCUT2D eigenvalue weighted by Crippen LogP contribution is -1.95. The fraction of sp³-hybridized carbons (Fsp3) is 0. The minimum atomic E-state index is -0.0942. The molecule has 4 N–H and O–H groups in total. The van der Waals surface area contributed by atoms with E-state index in [0.29, 0.717) is 17.1 Å². The highest BCUT2D eigenvalue weighted by molar-refractivity contribution is 7.71. The van der Waals surface area contributed by atoms with Gasteiger partial charge in [-0.05, 0) is 30.4 Å². The summed E-state index contributed by atoms with van der Waals surface area (Å²) in [6, 6.07) is 15.8. The minimum absolute atomic E-state index is 0.0313. The molecule has 0 amide bonds. The number of phenols is 2. The van der Waals surface area contributed by atoms with Gasteiger partial charge >= 0.3 is 0 Å². The van der Waals surface area contributed by atoms with Gasteiger partial charge in [0.15, 0.2) is 0 Å². The predicted octanol–water partition coefficient (Wildman–Crippen LogP) is 3.29. The first-order valence-electron chi connectivity index (χ1n) is 7.97. The molecule has 27 heavy (non-hydrogen) atoms. The van der Waals surface area contributed by atoms with Gasteiger partial charge < -0.3 is 10.2 Å². The Morgan fingerprint density at radius 2 is 1.81 bits per heavy atom. The highest BCUT2D eigenvalue weighted by Gasteiger charge is 2.12. The van der Waals surface area contributed by atoms with Crippen molar-refractivity contribution in [1.82, 2.24) is 25.1 Å². The van der Waals surface area contributed by atoms with Gasteiger partial charge in [-0.1, -0.05) is 30.3 Å². The topological polar surface area (TPSA) is 115 Å². The summed E-state index contributed by atoms with van der Waals surface area (Å²) in [6.45, 7) is 0. The van der Waals surface area contributed by atoms with E-state index in [1.165, 1.54) is 23.0 Å². The van der Waals surface area contributed by atoms with E-state index in [0.717, 1.165) is 11.3 Å². The van der Waals surface area contributed by atoms with Crippen LogP contribution in [0, 0.1) is 4.77 Å². The molecule has 0 bridgehead atoms. The first kappa shape index (κ1) is 16.7. The van der Waals surface area contributed by atoms with Crippen molar-refractivity contribution in [1.29, 1.82) is 0 Å². The summed E-state index contributed by atoms with van der Waals surface area (Å²) in [5.41, 5.74) is 2.80. The summed E-state index contributed by atoms with van der Waals surface area (Å²) in [5, 5.41) is 37.7. The van der Waals surface area contributed by atoms with Crippen molar-refractivity contribution in [3.05, 3.63) is 64.9 Å². The Bertz CT molecular complexity index is 1180. The zero-order chi connectivity index (χ0) is 18.8. The number of H-pyrrole nitrogens is 2. The first-order chi connectivity index (χ1) is 13.1. The molecule has 0 unspecified atom stereocenters. The highest BCUT2D eigenvalue weighted by Crippen LogP contribution is 2.23. The van der Waals surface area contributed by atoms with E-state index in [1.54, 1.807) is 6.07 Å². The van der Waals surface area contributed by atoms with E-state index in [-0.39, 0.29) is 16.3 Å². The third-order valence-corrected chi connectivity index (χ3v) is 4.13. The molecule has 2 aromatic carbocycles.